The highest BCUT2D eigenvalue weighted by Gasteiger charge is 2.02. The largest absolute Gasteiger partial charge is 0.349 e. The molecule has 1 aromatic carbocycles. The van der Waals surface area contributed by atoms with E-state index in [1.807, 2.05) is 18.2 Å². The van der Waals surface area contributed by atoms with Gasteiger partial charge >= 0.3 is 0 Å². The van der Waals surface area contributed by atoms with Crippen LogP contribution in [0.15, 0.2) is 28.7 Å². The summed E-state index contributed by atoms with van der Waals surface area (Å²) in [5.74, 6) is 0.188. The molecule has 3 nitrogen and oxygen atoms in total. The van der Waals surface area contributed by atoms with E-state index in [2.05, 4.69) is 27.3 Å². The van der Waals surface area contributed by atoms with Gasteiger partial charge in [-0.2, -0.15) is 0 Å². The Balaban J connectivity index is 2.17. The van der Waals surface area contributed by atoms with Crippen molar-refractivity contribution >= 4 is 21.8 Å². The molecule has 0 unspecified atom stereocenters. The summed E-state index contributed by atoms with van der Waals surface area (Å²) in [6, 6.07) is 8.15. The van der Waals surface area contributed by atoms with Crippen molar-refractivity contribution in [1.29, 1.82) is 0 Å². The number of hydrogen-bond donors (Lipinski definition) is 1. The lowest BCUT2D eigenvalue weighted by Gasteiger charge is -2.10. The van der Waals surface area contributed by atoms with Gasteiger partial charge in [-0.15, -0.1) is 0 Å². The maximum Gasteiger partial charge on any atom is 0.222 e. The van der Waals surface area contributed by atoms with E-state index < -0.39 is 0 Å². The number of benzene rings is 1. The number of hydrogen-bond acceptors (Lipinski definition) is 2. The molecule has 0 aromatic heterocycles. The quantitative estimate of drug-likeness (QED) is 0.818. The van der Waals surface area contributed by atoms with Crippen molar-refractivity contribution in [3.63, 3.8) is 0 Å². The Labute approximate surface area is 111 Å². The van der Waals surface area contributed by atoms with Gasteiger partial charge in [0.05, 0.1) is 0 Å². The molecular formula is C13H19BrN2O. The second-order valence-corrected chi connectivity index (χ2v) is 5.01. The van der Waals surface area contributed by atoms with Crippen molar-refractivity contribution in [1.82, 2.24) is 10.2 Å². The number of carbonyl (C=O) groups excluding carboxylic acids is 1. The fraction of sp³-hybridized carbons (Fsp3) is 0.462. The average Bonchev–Trinajstić information content (AvgIpc) is 2.30. The molecule has 1 aromatic rings. The Morgan fingerprint density at radius 2 is 2.06 bits per heavy atom. The first-order valence-corrected chi connectivity index (χ1v) is 6.55. The minimum atomic E-state index is 0.188. The van der Waals surface area contributed by atoms with Gasteiger partial charge < -0.3 is 10.2 Å². The molecule has 1 N–H and O–H groups in total. The average molecular weight is 299 g/mol. The SMILES string of the molecule is CN(C)C(=O)CCCNCc1ccccc1Br. The topological polar surface area (TPSA) is 32.3 Å². The fourth-order valence-corrected chi connectivity index (χ4v) is 1.88. The summed E-state index contributed by atoms with van der Waals surface area (Å²) in [5.41, 5.74) is 1.24. The molecule has 0 aliphatic heterocycles. The van der Waals surface area contributed by atoms with E-state index in [0.717, 1.165) is 24.0 Å². The second-order valence-electron chi connectivity index (χ2n) is 4.16. The first kappa shape index (κ1) is 14.2. The summed E-state index contributed by atoms with van der Waals surface area (Å²) < 4.78 is 1.12. The third-order valence-electron chi connectivity index (χ3n) is 2.52. The summed E-state index contributed by atoms with van der Waals surface area (Å²) >= 11 is 3.51. The van der Waals surface area contributed by atoms with Crippen LogP contribution < -0.4 is 5.32 Å². The highest BCUT2D eigenvalue weighted by atomic mass is 79.9. The lowest BCUT2D eigenvalue weighted by atomic mass is 10.2. The van der Waals surface area contributed by atoms with Gasteiger partial charge in [-0.1, -0.05) is 34.1 Å². The molecule has 0 fully saturated rings. The Morgan fingerprint density at radius 3 is 2.71 bits per heavy atom. The predicted molar refractivity (Wildman–Crippen MR) is 73.8 cm³/mol. The van der Waals surface area contributed by atoms with Gasteiger partial charge in [0.25, 0.3) is 0 Å². The number of nitrogens with zero attached hydrogens (tertiary/aromatic N) is 1. The van der Waals surface area contributed by atoms with Gasteiger partial charge in [0, 0.05) is 31.5 Å². The highest BCUT2D eigenvalue weighted by Crippen LogP contribution is 2.15. The molecule has 0 atom stereocenters. The molecule has 0 bridgehead atoms. The van der Waals surface area contributed by atoms with Gasteiger partial charge in [0.2, 0.25) is 5.91 Å². The standard InChI is InChI=1S/C13H19BrN2O/c1-16(2)13(17)8-5-9-15-10-11-6-3-4-7-12(11)14/h3-4,6-7,15H,5,8-10H2,1-2H3. The van der Waals surface area contributed by atoms with E-state index in [4.69, 9.17) is 0 Å². The summed E-state index contributed by atoms with van der Waals surface area (Å²) in [6.07, 6.45) is 1.48. The molecule has 94 valence electrons. The lowest BCUT2D eigenvalue weighted by molar-refractivity contribution is -0.128. The van der Waals surface area contributed by atoms with E-state index in [-0.39, 0.29) is 5.91 Å². The fourth-order valence-electron chi connectivity index (χ4n) is 1.45. The Bertz CT molecular complexity index is 366. The molecule has 17 heavy (non-hydrogen) atoms. The van der Waals surface area contributed by atoms with Crippen LogP contribution in [0.1, 0.15) is 18.4 Å². The molecule has 0 saturated heterocycles. The Hall–Kier alpha value is -0.870. The first-order valence-electron chi connectivity index (χ1n) is 5.75. The monoisotopic (exact) mass is 298 g/mol. The van der Waals surface area contributed by atoms with Crippen molar-refractivity contribution in [2.45, 2.75) is 19.4 Å². The third kappa shape index (κ3) is 5.33. The first-order chi connectivity index (χ1) is 8.11. The smallest absolute Gasteiger partial charge is 0.222 e. The van der Waals surface area contributed by atoms with Gasteiger partial charge in [0.1, 0.15) is 0 Å². The molecule has 0 spiro atoms. The minimum Gasteiger partial charge on any atom is -0.349 e. The van der Waals surface area contributed by atoms with Crippen LogP contribution in [-0.4, -0.2) is 31.4 Å². The second kappa shape index (κ2) is 7.45. The van der Waals surface area contributed by atoms with E-state index in [0.29, 0.717) is 6.42 Å². The van der Waals surface area contributed by atoms with E-state index in [9.17, 15) is 4.79 Å². The molecule has 1 amide bonds. The van der Waals surface area contributed by atoms with Crippen molar-refractivity contribution in [3.05, 3.63) is 34.3 Å². The molecule has 0 radical (unpaired) electrons. The van der Waals surface area contributed by atoms with Crippen molar-refractivity contribution < 1.29 is 4.79 Å². The third-order valence-corrected chi connectivity index (χ3v) is 3.29. The molecule has 0 aliphatic carbocycles. The van der Waals surface area contributed by atoms with Crippen LogP contribution in [0.5, 0.6) is 0 Å². The summed E-state index contributed by atoms with van der Waals surface area (Å²) in [4.78, 5) is 13.0. The van der Waals surface area contributed by atoms with Crippen LogP contribution in [-0.2, 0) is 11.3 Å². The molecule has 4 heteroatoms. The van der Waals surface area contributed by atoms with Crippen molar-refractivity contribution in [2.24, 2.45) is 0 Å². The van der Waals surface area contributed by atoms with E-state index in [1.165, 1.54) is 5.56 Å². The maximum absolute atomic E-state index is 11.3. The van der Waals surface area contributed by atoms with E-state index >= 15 is 0 Å². The van der Waals surface area contributed by atoms with Crippen molar-refractivity contribution in [2.75, 3.05) is 20.6 Å². The molecule has 1 rings (SSSR count). The Morgan fingerprint density at radius 1 is 1.35 bits per heavy atom. The zero-order valence-corrected chi connectivity index (χ0v) is 12.0. The van der Waals surface area contributed by atoms with Crippen LogP contribution in [0.2, 0.25) is 0 Å². The number of rotatable bonds is 6. The Kier molecular flexibility index (Phi) is 6.22. The lowest BCUT2D eigenvalue weighted by Crippen LogP contribution is -2.23. The number of halogens is 1. The van der Waals surface area contributed by atoms with Crippen LogP contribution in [0.25, 0.3) is 0 Å². The molecule has 0 heterocycles. The normalized spacial score (nSPS) is 10.3. The minimum absolute atomic E-state index is 0.188. The number of carbonyl (C=O) groups is 1. The molecule has 0 aliphatic rings. The summed E-state index contributed by atoms with van der Waals surface area (Å²) in [5, 5.41) is 3.34. The summed E-state index contributed by atoms with van der Waals surface area (Å²) in [6.45, 7) is 1.69. The van der Waals surface area contributed by atoms with Gasteiger partial charge in [-0.05, 0) is 24.6 Å². The molecular weight excluding hydrogens is 280 g/mol. The van der Waals surface area contributed by atoms with Gasteiger partial charge in [-0.25, -0.2) is 0 Å². The zero-order valence-electron chi connectivity index (χ0n) is 10.4. The van der Waals surface area contributed by atoms with Gasteiger partial charge in [-0.3, -0.25) is 4.79 Å². The highest BCUT2D eigenvalue weighted by molar-refractivity contribution is 9.10. The zero-order chi connectivity index (χ0) is 12.7. The van der Waals surface area contributed by atoms with Crippen molar-refractivity contribution in [3.8, 4) is 0 Å². The van der Waals surface area contributed by atoms with Crippen LogP contribution in [0.4, 0.5) is 0 Å². The molecule has 0 saturated carbocycles. The van der Waals surface area contributed by atoms with Crippen LogP contribution in [0.3, 0.4) is 0 Å². The number of nitrogens with one attached hydrogen (secondary N) is 1. The van der Waals surface area contributed by atoms with E-state index in [1.54, 1.807) is 19.0 Å². The maximum atomic E-state index is 11.3. The predicted octanol–water partition coefficient (Wildman–Crippen LogP) is 2.41. The summed E-state index contributed by atoms with van der Waals surface area (Å²) in [7, 11) is 3.58. The van der Waals surface area contributed by atoms with Crippen LogP contribution in [0, 0.1) is 0 Å². The van der Waals surface area contributed by atoms with Crippen LogP contribution >= 0.6 is 15.9 Å². The number of amides is 1. The van der Waals surface area contributed by atoms with Gasteiger partial charge in [0.15, 0.2) is 0 Å².